The summed E-state index contributed by atoms with van der Waals surface area (Å²) in [6.45, 7) is 5.23. The van der Waals surface area contributed by atoms with Gasteiger partial charge in [-0.2, -0.15) is 5.10 Å². The topological polar surface area (TPSA) is 59.0 Å². The predicted molar refractivity (Wildman–Crippen MR) is 92.6 cm³/mol. The highest BCUT2D eigenvalue weighted by atomic mass is 16.2. The molecule has 0 aliphatic rings. The maximum absolute atomic E-state index is 12.3. The molecule has 0 saturated heterocycles. The van der Waals surface area contributed by atoms with Gasteiger partial charge in [0.15, 0.2) is 0 Å². The third-order valence-electron chi connectivity index (χ3n) is 3.95. The molecule has 2 rings (SSSR count). The predicted octanol–water partition coefficient (Wildman–Crippen LogP) is 2.16. The first-order valence-electron chi connectivity index (χ1n) is 8.17. The molecule has 0 radical (unpaired) electrons. The van der Waals surface area contributed by atoms with E-state index in [1.807, 2.05) is 33.0 Å². The zero-order valence-corrected chi connectivity index (χ0v) is 14.2. The summed E-state index contributed by atoms with van der Waals surface area (Å²) in [6.07, 6.45) is 1.84. The number of nitrogens with one attached hydrogen (secondary N) is 2. The quantitative estimate of drug-likeness (QED) is 0.785. The van der Waals surface area contributed by atoms with Gasteiger partial charge >= 0.3 is 0 Å². The highest BCUT2D eigenvalue weighted by molar-refractivity contribution is 5.92. The molecular formula is C18H26N4O. The van der Waals surface area contributed by atoms with Crippen LogP contribution in [-0.4, -0.2) is 35.3 Å². The summed E-state index contributed by atoms with van der Waals surface area (Å²) >= 11 is 0. The van der Waals surface area contributed by atoms with Crippen molar-refractivity contribution in [3.8, 4) is 0 Å². The molecule has 0 aliphatic carbocycles. The monoisotopic (exact) mass is 314 g/mol. The van der Waals surface area contributed by atoms with E-state index >= 15 is 0 Å². The molecule has 0 saturated carbocycles. The third-order valence-corrected chi connectivity index (χ3v) is 3.95. The van der Waals surface area contributed by atoms with Gasteiger partial charge in [0.2, 0.25) is 0 Å². The van der Waals surface area contributed by atoms with Gasteiger partial charge in [-0.25, -0.2) is 0 Å². The molecule has 5 nitrogen and oxygen atoms in total. The second-order valence-electron chi connectivity index (χ2n) is 5.71. The van der Waals surface area contributed by atoms with E-state index in [1.54, 1.807) is 4.68 Å². The fourth-order valence-corrected chi connectivity index (χ4v) is 2.67. The van der Waals surface area contributed by atoms with E-state index in [4.69, 9.17) is 0 Å². The van der Waals surface area contributed by atoms with Crippen LogP contribution in [0.1, 0.15) is 35.1 Å². The van der Waals surface area contributed by atoms with Crippen molar-refractivity contribution in [2.24, 2.45) is 0 Å². The number of likely N-dealkylation sites (N-methyl/N-ethyl adjacent to an activating group) is 1. The van der Waals surface area contributed by atoms with E-state index < -0.39 is 0 Å². The first-order valence-corrected chi connectivity index (χ1v) is 8.17. The number of carbonyl (C=O) groups excluding carboxylic acids is 1. The Morgan fingerprint density at radius 2 is 2.04 bits per heavy atom. The number of hydrogen-bond acceptors (Lipinski definition) is 3. The van der Waals surface area contributed by atoms with Crippen LogP contribution in [0.4, 0.5) is 0 Å². The zero-order chi connectivity index (χ0) is 16.7. The fourth-order valence-electron chi connectivity index (χ4n) is 2.67. The average Bonchev–Trinajstić information content (AvgIpc) is 2.95. The molecule has 2 aromatic rings. The highest BCUT2D eigenvalue weighted by Gasteiger charge is 2.13. The van der Waals surface area contributed by atoms with Crippen LogP contribution in [0, 0.1) is 6.92 Å². The van der Waals surface area contributed by atoms with Gasteiger partial charge in [0.05, 0.1) is 5.69 Å². The lowest BCUT2D eigenvalue weighted by molar-refractivity contribution is 0.0941. The number of nitrogens with zero attached hydrogens (tertiary/aromatic N) is 2. The Bertz CT molecular complexity index is 621. The summed E-state index contributed by atoms with van der Waals surface area (Å²) in [4.78, 5) is 12.3. The first-order chi connectivity index (χ1) is 11.1. The molecule has 0 aliphatic heterocycles. The third kappa shape index (κ3) is 4.93. The van der Waals surface area contributed by atoms with Crippen LogP contribution in [0.25, 0.3) is 0 Å². The molecular weight excluding hydrogens is 288 g/mol. The molecule has 124 valence electrons. The SMILES string of the molecule is CCn1nc(C)cc1C(=O)NCC[C@H](Cc1ccccc1)NC. The normalized spacial score (nSPS) is 12.1. The van der Waals surface area contributed by atoms with Crippen LogP contribution in [0.2, 0.25) is 0 Å². The van der Waals surface area contributed by atoms with Crippen molar-refractivity contribution in [1.29, 1.82) is 0 Å². The number of benzene rings is 1. The van der Waals surface area contributed by atoms with Gasteiger partial charge in [0.25, 0.3) is 5.91 Å². The number of aryl methyl sites for hydroxylation is 2. The van der Waals surface area contributed by atoms with Crippen molar-refractivity contribution in [2.45, 2.75) is 39.3 Å². The molecule has 1 aromatic heterocycles. The average molecular weight is 314 g/mol. The van der Waals surface area contributed by atoms with Gasteiger partial charge < -0.3 is 10.6 Å². The van der Waals surface area contributed by atoms with E-state index in [9.17, 15) is 4.79 Å². The van der Waals surface area contributed by atoms with Crippen LogP contribution >= 0.6 is 0 Å². The Kier molecular flexibility index (Phi) is 6.35. The van der Waals surface area contributed by atoms with Gasteiger partial charge in [-0.15, -0.1) is 0 Å². The number of carbonyl (C=O) groups is 1. The van der Waals surface area contributed by atoms with Gasteiger partial charge in [-0.3, -0.25) is 9.48 Å². The van der Waals surface area contributed by atoms with Crippen molar-refractivity contribution >= 4 is 5.91 Å². The Labute approximate surface area is 138 Å². The van der Waals surface area contributed by atoms with E-state index in [-0.39, 0.29) is 5.91 Å². The highest BCUT2D eigenvalue weighted by Crippen LogP contribution is 2.06. The first kappa shape index (κ1) is 17.2. The van der Waals surface area contributed by atoms with Crippen molar-refractivity contribution in [2.75, 3.05) is 13.6 Å². The van der Waals surface area contributed by atoms with Crippen molar-refractivity contribution in [3.63, 3.8) is 0 Å². The lowest BCUT2D eigenvalue weighted by Gasteiger charge is -2.16. The van der Waals surface area contributed by atoms with Crippen molar-refractivity contribution in [3.05, 3.63) is 53.3 Å². The summed E-state index contributed by atoms with van der Waals surface area (Å²) in [5, 5.41) is 10.6. The Balaban J connectivity index is 1.84. The Morgan fingerprint density at radius 1 is 1.30 bits per heavy atom. The van der Waals surface area contributed by atoms with E-state index in [0.717, 1.165) is 18.5 Å². The Morgan fingerprint density at radius 3 is 2.70 bits per heavy atom. The molecule has 0 fully saturated rings. The number of aromatic nitrogens is 2. The second kappa shape index (κ2) is 8.48. The molecule has 5 heteroatoms. The lowest BCUT2D eigenvalue weighted by Crippen LogP contribution is -2.34. The molecule has 1 atom stereocenters. The van der Waals surface area contributed by atoms with E-state index in [1.165, 1.54) is 5.56 Å². The molecule has 2 N–H and O–H groups in total. The second-order valence-corrected chi connectivity index (χ2v) is 5.71. The molecule has 0 spiro atoms. The van der Waals surface area contributed by atoms with Gasteiger partial charge in [-0.1, -0.05) is 30.3 Å². The minimum atomic E-state index is -0.0537. The van der Waals surface area contributed by atoms with Crippen LogP contribution in [-0.2, 0) is 13.0 Å². The molecule has 23 heavy (non-hydrogen) atoms. The van der Waals surface area contributed by atoms with Crippen LogP contribution in [0.5, 0.6) is 0 Å². The van der Waals surface area contributed by atoms with Crippen molar-refractivity contribution in [1.82, 2.24) is 20.4 Å². The molecule has 1 amide bonds. The summed E-state index contributed by atoms with van der Waals surface area (Å²) in [6, 6.07) is 12.6. The van der Waals surface area contributed by atoms with Crippen LogP contribution < -0.4 is 10.6 Å². The van der Waals surface area contributed by atoms with Crippen LogP contribution in [0.3, 0.4) is 0 Å². The Hall–Kier alpha value is -2.14. The fraction of sp³-hybridized carbons (Fsp3) is 0.444. The zero-order valence-electron chi connectivity index (χ0n) is 14.2. The minimum absolute atomic E-state index is 0.0537. The summed E-state index contributed by atoms with van der Waals surface area (Å²) in [5.74, 6) is -0.0537. The van der Waals surface area contributed by atoms with Gasteiger partial charge in [0, 0.05) is 19.1 Å². The maximum Gasteiger partial charge on any atom is 0.269 e. The van der Waals surface area contributed by atoms with E-state index in [2.05, 4.69) is 40.0 Å². The van der Waals surface area contributed by atoms with Gasteiger partial charge in [-0.05, 0) is 45.4 Å². The summed E-state index contributed by atoms with van der Waals surface area (Å²) in [7, 11) is 1.96. The summed E-state index contributed by atoms with van der Waals surface area (Å²) in [5.41, 5.74) is 2.81. The summed E-state index contributed by atoms with van der Waals surface area (Å²) < 4.78 is 1.74. The van der Waals surface area contributed by atoms with E-state index in [0.29, 0.717) is 24.8 Å². The number of amides is 1. The lowest BCUT2D eigenvalue weighted by atomic mass is 10.0. The minimum Gasteiger partial charge on any atom is -0.351 e. The smallest absolute Gasteiger partial charge is 0.269 e. The largest absolute Gasteiger partial charge is 0.351 e. The molecule has 1 aromatic carbocycles. The molecule has 0 bridgehead atoms. The standard InChI is InChI=1S/C18H26N4O/c1-4-22-17(12-14(2)21-22)18(23)20-11-10-16(19-3)13-15-8-6-5-7-9-15/h5-9,12,16,19H,4,10-11,13H2,1-3H3,(H,20,23)/t16-/m1/s1. The number of rotatable bonds is 8. The number of hydrogen-bond donors (Lipinski definition) is 2. The van der Waals surface area contributed by atoms with Crippen LogP contribution in [0.15, 0.2) is 36.4 Å². The van der Waals surface area contributed by atoms with Gasteiger partial charge in [0.1, 0.15) is 5.69 Å². The maximum atomic E-state index is 12.3. The van der Waals surface area contributed by atoms with Crippen molar-refractivity contribution < 1.29 is 4.79 Å². The molecule has 0 unspecified atom stereocenters. The molecule has 1 heterocycles.